The predicted octanol–water partition coefficient (Wildman–Crippen LogP) is 4.65. The van der Waals surface area contributed by atoms with Crippen molar-refractivity contribution < 1.29 is 10.1 Å². The van der Waals surface area contributed by atoms with E-state index in [1.807, 2.05) is 12.1 Å². The van der Waals surface area contributed by atoms with Crippen LogP contribution < -0.4 is 4.98 Å². The summed E-state index contributed by atoms with van der Waals surface area (Å²) in [6.45, 7) is 2.25. The van der Waals surface area contributed by atoms with Gasteiger partial charge in [0.15, 0.2) is 11.4 Å². The summed E-state index contributed by atoms with van der Waals surface area (Å²) in [6, 6.07) is 9.85. The van der Waals surface area contributed by atoms with Crippen molar-refractivity contribution >= 4 is 10.9 Å². The molecule has 2 nitrogen and oxygen atoms in total. The van der Waals surface area contributed by atoms with Crippen molar-refractivity contribution in [2.24, 2.45) is 0 Å². The first-order valence-electron chi connectivity index (χ1n) is 7.94. The predicted molar refractivity (Wildman–Crippen MR) is 83.9 cm³/mol. The van der Waals surface area contributed by atoms with Crippen LogP contribution in [-0.2, 0) is 6.42 Å². The molecule has 1 aromatic heterocycles. The molecule has 0 atom stereocenters. The van der Waals surface area contributed by atoms with Crippen molar-refractivity contribution in [2.45, 2.75) is 58.3 Å². The Hall–Kier alpha value is -1.57. The second kappa shape index (κ2) is 7.88. The van der Waals surface area contributed by atoms with Gasteiger partial charge in [0.05, 0.1) is 5.39 Å². The molecule has 108 valence electrons. The highest BCUT2D eigenvalue weighted by atomic mass is 16.3. The number of hydrogen-bond acceptors (Lipinski definition) is 1. The lowest BCUT2D eigenvalue weighted by Gasteiger charge is -2.00. The number of aryl methyl sites for hydroxylation is 1. The van der Waals surface area contributed by atoms with Crippen molar-refractivity contribution in [2.75, 3.05) is 0 Å². The molecule has 0 aliphatic rings. The Morgan fingerprint density at radius 1 is 0.900 bits per heavy atom. The Balaban J connectivity index is 1.80. The number of hydrogen-bond donors (Lipinski definition) is 1. The lowest BCUT2D eigenvalue weighted by molar-refractivity contribution is -0.358. The molecule has 1 heterocycles. The minimum absolute atomic E-state index is 0.337. The molecule has 0 saturated heterocycles. The molecular weight excluding hydrogens is 246 g/mol. The van der Waals surface area contributed by atoms with Gasteiger partial charge in [-0.2, -0.15) is 0 Å². The molecule has 0 aliphatic heterocycles. The third-order valence-electron chi connectivity index (χ3n) is 3.87. The maximum Gasteiger partial charge on any atom is 0.253 e. The Labute approximate surface area is 121 Å². The molecule has 20 heavy (non-hydrogen) atoms. The number of aromatic hydroxyl groups is 1. The van der Waals surface area contributed by atoms with Crippen molar-refractivity contribution in [3.63, 3.8) is 0 Å². The largest absolute Gasteiger partial charge is 0.502 e. The fourth-order valence-corrected chi connectivity index (χ4v) is 2.64. The molecule has 0 unspecified atom stereocenters. The summed E-state index contributed by atoms with van der Waals surface area (Å²) >= 11 is 0. The van der Waals surface area contributed by atoms with Gasteiger partial charge in [0.25, 0.3) is 5.52 Å². The van der Waals surface area contributed by atoms with Crippen molar-refractivity contribution in [3.05, 3.63) is 36.0 Å². The molecule has 0 amide bonds. The van der Waals surface area contributed by atoms with Crippen molar-refractivity contribution in [1.82, 2.24) is 0 Å². The summed E-state index contributed by atoms with van der Waals surface area (Å²) in [5, 5.41) is 10.9. The fraction of sp³-hybridized carbons (Fsp3) is 0.500. The van der Waals surface area contributed by atoms with Crippen molar-refractivity contribution in [1.29, 1.82) is 0 Å². The monoisotopic (exact) mass is 272 g/mol. The summed E-state index contributed by atoms with van der Waals surface area (Å²) < 4.78 is 0. The third kappa shape index (κ3) is 4.22. The number of phenols is 1. The number of phenolic OH excluding ortho intramolecular Hbond substituents is 1. The number of aromatic nitrogens is 1. The van der Waals surface area contributed by atoms with Crippen molar-refractivity contribution in [3.8, 4) is 5.75 Å². The summed E-state index contributed by atoms with van der Waals surface area (Å²) in [4.78, 5) is 3.36. The second-order valence-electron chi connectivity index (χ2n) is 5.60. The molecular formula is C18H26NO+. The van der Waals surface area contributed by atoms with E-state index < -0.39 is 0 Å². The summed E-state index contributed by atoms with van der Waals surface area (Å²) in [7, 11) is 0. The Morgan fingerprint density at radius 3 is 2.45 bits per heavy atom. The maximum absolute atomic E-state index is 9.86. The lowest BCUT2D eigenvalue weighted by atomic mass is 10.1. The van der Waals surface area contributed by atoms with Gasteiger partial charge in [0.2, 0.25) is 0 Å². The normalized spacial score (nSPS) is 11.1. The zero-order valence-corrected chi connectivity index (χ0v) is 12.5. The zero-order chi connectivity index (χ0) is 14.2. The highest BCUT2D eigenvalue weighted by Gasteiger charge is 2.09. The molecule has 2 N–H and O–H groups in total. The van der Waals surface area contributed by atoms with Crippen LogP contribution in [0.15, 0.2) is 30.3 Å². The molecule has 0 spiro atoms. The number of rotatable bonds is 8. The quantitative estimate of drug-likeness (QED) is 0.697. The SMILES string of the molecule is CCCCCCCCCc1ccc2cccc(O)c2[nH+]1. The lowest BCUT2D eigenvalue weighted by Crippen LogP contribution is -2.11. The summed E-state index contributed by atoms with van der Waals surface area (Å²) in [5.41, 5.74) is 2.07. The van der Waals surface area contributed by atoms with E-state index in [9.17, 15) is 5.11 Å². The second-order valence-corrected chi connectivity index (χ2v) is 5.60. The standard InChI is InChI=1S/C18H25NO/c1-2-3-4-5-6-7-8-11-16-14-13-15-10-9-12-17(20)18(15)19-16/h9-10,12-14,20H,2-8,11H2,1H3/p+1. The number of H-pyrrole nitrogens is 1. The van der Waals surface area contributed by atoms with Gasteiger partial charge in [-0.3, -0.25) is 0 Å². The van der Waals surface area contributed by atoms with Crippen LogP contribution in [-0.4, -0.2) is 5.11 Å². The van der Waals surface area contributed by atoms with E-state index in [-0.39, 0.29) is 0 Å². The van der Waals surface area contributed by atoms with E-state index in [0.29, 0.717) is 5.75 Å². The Kier molecular flexibility index (Phi) is 5.85. The van der Waals surface area contributed by atoms with Crippen LogP contribution in [0.1, 0.15) is 57.6 Å². The van der Waals surface area contributed by atoms with E-state index in [0.717, 1.165) is 17.3 Å². The minimum atomic E-state index is 0.337. The fourth-order valence-electron chi connectivity index (χ4n) is 2.64. The van der Waals surface area contributed by atoms with Gasteiger partial charge >= 0.3 is 0 Å². The van der Waals surface area contributed by atoms with Crippen LogP contribution >= 0.6 is 0 Å². The summed E-state index contributed by atoms with van der Waals surface area (Å²) in [6.07, 6.45) is 10.4. The first kappa shape index (κ1) is 14.8. The van der Waals surface area contributed by atoms with Gasteiger partial charge in [0.1, 0.15) is 0 Å². The van der Waals surface area contributed by atoms with Gasteiger partial charge in [-0.1, -0.05) is 51.5 Å². The number of aromatic amines is 1. The topological polar surface area (TPSA) is 34.4 Å². The number of unbranched alkanes of at least 4 members (excludes halogenated alkanes) is 6. The van der Waals surface area contributed by atoms with E-state index in [4.69, 9.17) is 0 Å². The molecule has 0 saturated carbocycles. The van der Waals surface area contributed by atoms with E-state index in [1.54, 1.807) is 6.07 Å². The van der Waals surface area contributed by atoms with Crippen LogP contribution in [0.2, 0.25) is 0 Å². The molecule has 2 heteroatoms. The average molecular weight is 272 g/mol. The number of fused-ring (bicyclic) bond motifs is 1. The number of nitrogens with one attached hydrogen (secondary N) is 1. The first-order valence-corrected chi connectivity index (χ1v) is 7.94. The first-order chi connectivity index (χ1) is 9.81. The molecule has 0 bridgehead atoms. The third-order valence-corrected chi connectivity index (χ3v) is 3.87. The average Bonchev–Trinajstić information content (AvgIpc) is 2.47. The Bertz CT molecular complexity index is 536. The number of pyridine rings is 1. The van der Waals surface area contributed by atoms with E-state index in [1.165, 1.54) is 50.6 Å². The maximum atomic E-state index is 9.86. The minimum Gasteiger partial charge on any atom is -0.502 e. The molecule has 2 rings (SSSR count). The van der Waals surface area contributed by atoms with E-state index >= 15 is 0 Å². The van der Waals surface area contributed by atoms with Crippen LogP contribution in [0, 0.1) is 0 Å². The Morgan fingerprint density at radius 2 is 1.65 bits per heavy atom. The highest BCUT2D eigenvalue weighted by Crippen LogP contribution is 2.20. The summed E-state index contributed by atoms with van der Waals surface area (Å²) in [5.74, 6) is 0.337. The zero-order valence-electron chi connectivity index (χ0n) is 12.5. The van der Waals surface area contributed by atoms with E-state index in [2.05, 4.69) is 24.0 Å². The van der Waals surface area contributed by atoms with Crippen LogP contribution in [0.3, 0.4) is 0 Å². The molecule has 2 aromatic rings. The molecule has 0 fully saturated rings. The number of para-hydroxylation sites is 1. The number of benzene rings is 1. The van der Waals surface area contributed by atoms with Crippen LogP contribution in [0.5, 0.6) is 5.75 Å². The van der Waals surface area contributed by atoms with Crippen LogP contribution in [0.25, 0.3) is 10.9 Å². The van der Waals surface area contributed by atoms with Gasteiger partial charge in [-0.05, 0) is 24.6 Å². The molecule has 0 aliphatic carbocycles. The molecule has 1 aromatic carbocycles. The van der Waals surface area contributed by atoms with Crippen LogP contribution in [0.4, 0.5) is 0 Å². The van der Waals surface area contributed by atoms with Gasteiger partial charge in [-0.15, -0.1) is 0 Å². The van der Waals surface area contributed by atoms with Gasteiger partial charge in [-0.25, -0.2) is 4.98 Å². The van der Waals surface area contributed by atoms with Gasteiger partial charge in [0, 0.05) is 12.5 Å². The molecule has 0 radical (unpaired) electrons. The van der Waals surface area contributed by atoms with Gasteiger partial charge < -0.3 is 5.11 Å². The highest BCUT2D eigenvalue weighted by molar-refractivity contribution is 5.80. The smallest absolute Gasteiger partial charge is 0.253 e.